The van der Waals surface area contributed by atoms with Gasteiger partial charge in [0.1, 0.15) is 0 Å². The van der Waals surface area contributed by atoms with E-state index >= 15 is 0 Å². The molecule has 0 saturated carbocycles. The van der Waals surface area contributed by atoms with Crippen LogP contribution in [0.1, 0.15) is 24.2 Å². The van der Waals surface area contributed by atoms with Crippen molar-refractivity contribution in [1.29, 1.82) is 0 Å². The highest BCUT2D eigenvalue weighted by Crippen LogP contribution is 2.23. The lowest BCUT2D eigenvalue weighted by atomic mass is 10.1. The first-order valence-electron chi connectivity index (χ1n) is 9.81. The Balaban J connectivity index is 1.54. The molecule has 3 aromatic rings. The van der Waals surface area contributed by atoms with Gasteiger partial charge in [-0.15, -0.1) is 10.2 Å². The molecule has 1 N–H and O–H groups in total. The highest BCUT2D eigenvalue weighted by atomic mass is 16.5. The van der Waals surface area contributed by atoms with Crippen LogP contribution in [-0.4, -0.2) is 69.9 Å². The average Bonchev–Trinajstić information content (AvgIpc) is 3.11. The minimum atomic E-state index is -0.0740. The predicted octanol–water partition coefficient (Wildman–Crippen LogP) is 1.70. The van der Waals surface area contributed by atoms with E-state index in [2.05, 4.69) is 43.8 Å². The van der Waals surface area contributed by atoms with E-state index in [0.29, 0.717) is 23.7 Å². The maximum Gasteiger partial charge on any atom is 0.251 e. The summed E-state index contributed by atoms with van der Waals surface area (Å²) >= 11 is 0. The molecule has 1 saturated heterocycles. The van der Waals surface area contributed by atoms with E-state index in [1.807, 2.05) is 12.1 Å². The van der Waals surface area contributed by atoms with Crippen LogP contribution in [0.25, 0.3) is 22.1 Å². The van der Waals surface area contributed by atoms with E-state index in [9.17, 15) is 4.79 Å². The molecule has 1 aliphatic heterocycles. The van der Waals surface area contributed by atoms with Gasteiger partial charge in [-0.05, 0) is 24.1 Å². The smallest absolute Gasteiger partial charge is 0.251 e. The number of hydrogen-bond acceptors (Lipinski definition) is 6. The van der Waals surface area contributed by atoms with E-state index in [-0.39, 0.29) is 5.91 Å². The zero-order valence-corrected chi connectivity index (χ0v) is 16.4. The van der Waals surface area contributed by atoms with Gasteiger partial charge in [0.2, 0.25) is 5.65 Å². The number of aromatic nitrogens is 4. The molecule has 8 nitrogen and oxygen atoms in total. The molecule has 4 rings (SSSR count). The summed E-state index contributed by atoms with van der Waals surface area (Å²) in [6, 6.07) is 5.55. The quantitative estimate of drug-likeness (QED) is 0.698. The molecular formula is C20H26N6O2. The van der Waals surface area contributed by atoms with Crippen LogP contribution in [0, 0.1) is 5.92 Å². The van der Waals surface area contributed by atoms with Gasteiger partial charge in [0, 0.05) is 43.7 Å². The van der Waals surface area contributed by atoms with Gasteiger partial charge >= 0.3 is 0 Å². The second-order valence-electron chi connectivity index (χ2n) is 7.60. The minimum Gasteiger partial charge on any atom is -0.379 e. The molecule has 0 radical (unpaired) electrons. The Morgan fingerprint density at radius 1 is 1.25 bits per heavy atom. The predicted molar refractivity (Wildman–Crippen MR) is 107 cm³/mol. The largest absolute Gasteiger partial charge is 0.379 e. The number of amides is 1. The number of rotatable bonds is 6. The van der Waals surface area contributed by atoms with Gasteiger partial charge in [-0.25, -0.2) is 4.98 Å². The van der Waals surface area contributed by atoms with Crippen LogP contribution in [0.5, 0.6) is 0 Å². The van der Waals surface area contributed by atoms with Crippen LogP contribution in [0.2, 0.25) is 0 Å². The number of benzene rings is 1. The molecule has 1 fully saturated rings. The number of hydrogen-bond donors (Lipinski definition) is 1. The van der Waals surface area contributed by atoms with E-state index in [1.54, 1.807) is 12.4 Å². The molecule has 0 aliphatic carbocycles. The van der Waals surface area contributed by atoms with Crippen molar-refractivity contribution < 1.29 is 9.53 Å². The first-order valence-corrected chi connectivity index (χ1v) is 9.81. The molecule has 0 atom stereocenters. The van der Waals surface area contributed by atoms with E-state index in [0.717, 1.165) is 55.8 Å². The number of carbonyl (C=O) groups is 1. The van der Waals surface area contributed by atoms with Crippen LogP contribution < -0.4 is 5.32 Å². The summed E-state index contributed by atoms with van der Waals surface area (Å²) in [5.41, 5.74) is 2.93. The van der Waals surface area contributed by atoms with E-state index in [1.165, 1.54) is 0 Å². The van der Waals surface area contributed by atoms with Gasteiger partial charge in [0.05, 0.1) is 30.6 Å². The van der Waals surface area contributed by atoms with Gasteiger partial charge in [0.15, 0.2) is 0 Å². The highest BCUT2D eigenvalue weighted by Gasteiger charge is 2.14. The highest BCUT2D eigenvalue weighted by molar-refractivity contribution is 6.05. The Kier molecular flexibility index (Phi) is 5.50. The van der Waals surface area contributed by atoms with Crippen molar-refractivity contribution in [2.24, 2.45) is 5.92 Å². The minimum absolute atomic E-state index is 0.0740. The summed E-state index contributed by atoms with van der Waals surface area (Å²) in [6.45, 7) is 9.98. The number of imidazole rings is 1. The number of fused-ring (bicyclic) bond motifs is 3. The monoisotopic (exact) mass is 382 g/mol. The molecule has 2 aromatic heterocycles. The topological polar surface area (TPSA) is 85.2 Å². The maximum atomic E-state index is 12.7. The Morgan fingerprint density at radius 3 is 2.86 bits per heavy atom. The fourth-order valence-corrected chi connectivity index (χ4v) is 3.56. The zero-order valence-electron chi connectivity index (χ0n) is 16.4. The number of morpholine rings is 1. The van der Waals surface area contributed by atoms with Crippen molar-refractivity contribution in [2.75, 3.05) is 39.4 Å². The van der Waals surface area contributed by atoms with Gasteiger partial charge in [-0.3, -0.25) is 9.69 Å². The SMILES string of the molecule is CC(C)Cn1cnc2nnc3ccc(C(=O)NCCN4CCOCC4)cc3c21. The van der Waals surface area contributed by atoms with Crippen molar-refractivity contribution in [2.45, 2.75) is 20.4 Å². The standard InChI is InChI=1S/C20H26N6O2/c1-14(2)12-26-13-22-19-18(26)16-11-15(3-4-17(16)23-24-19)20(27)21-5-6-25-7-9-28-10-8-25/h3-4,11,13-14H,5-10,12H2,1-2H3,(H,21,27). The third-order valence-electron chi connectivity index (χ3n) is 4.96. The summed E-state index contributed by atoms with van der Waals surface area (Å²) in [7, 11) is 0. The van der Waals surface area contributed by atoms with Crippen LogP contribution >= 0.6 is 0 Å². The number of nitrogens with one attached hydrogen (secondary N) is 1. The molecule has 28 heavy (non-hydrogen) atoms. The lowest BCUT2D eigenvalue weighted by Gasteiger charge is -2.26. The van der Waals surface area contributed by atoms with Gasteiger partial charge in [0.25, 0.3) is 5.91 Å². The Bertz CT molecular complexity index is 977. The Labute approximate surface area is 163 Å². The number of ether oxygens (including phenoxy) is 1. The first-order chi connectivity index (χ1) is 13.6. The van der Waals surface area contributed by atoms with Crippen molar-refractivity contribution >= 4 is 28.0 Å². The Hall–Kier alpha value is -2.58. The van der Waals surface area contributed by atoms with Crippen molar-refractivity contribution in [3.63, 3.8) is 0 Å². The van der Waals surface area contributed by atoms with Gasteiger partial charge < -0.3 is 14.6 Å². The summed E-state index contributed by atoms with van der Waals surface area (Å²) in [4.78, 5) is 19.3. The zero-order chi connectivity index (χ0) is 19.5. The summed E-state index contributed by atoms with van der Waals surface area (Å²) in [5.74, 6) is 0.405. The van der Waals surface area contributed by atoms with Gasteiger partial charge in [-0.1, -0.05) is 13.8 Å². The van der Waals surface area contributed by atoms with Crippen LogP contribution in [0.4, 0.5) is 0 Å². The molecule has 0 spiro atoms. The van der Waals surface area contributed by atoms with Crippen LogP contribution in [0.15, 0.2) is 24.5 Å². The summed E-state index contributed by atoms with van der Waals surface area (Å²) in [6.07, 6.45) is 1.80. The van der Waals surface area contributed by atoms with Crippen molar-refractivity contribution in [3.05, 3.63) is 30.1 Å². The normalized spacial score (nSPS) is 15.5. The molecule has 0 bridgehead atoms. The molecule has 0 unspecified atom stereocenters. The molecule has 1 aliphatic rings. The second kappa shape index (κ2) is 8.20. The second-order valence-corrected chi connectivity index (χ2v) is 7.60. The lowest BCUT2D eigenvalue weighted by Crippen LogP contribution is -2.41. The van der Waals surface area contributed by atoms with Crippen molar-refractivity contribution in [3.8, 4) is 0 Å². The Morgan fingerprint density at radius 2 is 2.07 bits per heavy atom. The van der Waals surface area contributed by atoms with E-state index < -0.39 is 0 Å². The van der Waals surface area contributed by atoms with Crippen molar-refractivity contribution in [1.82, 2.24) is 30.0 Å². The molecular weight excluding hydrogens is 356 g/mol. The molecule has 3 heterocycles. The average molecular weight is 382 g/mol. The fourth-order valence-electron chi connectivity index (χ4n) is 3.56. The summed E-state index contributed by atoms with van der Waals surface area (Å²) < 4.78 is 7.45. The molecule has 1 amide bonds. The maximum absolute atomic E-state index is 12.7. The third-order valence-corrected chi connectivity index (χ3v) is 4.96. The fraction of sp³-hybridized carbons (Fsp3) is 0.500. The van der Waals surface area contributed by atoms with Gasteiger partial charge in [-0.2, -0.15) is 0 Å². The molecule has 148 valence electrons. The molecule has 1 aromatic carbocycles. The van der Waals surface area contributed by atoms with E-state index in [4.69, 9.17) is 4.74 Å². The van der Waals surface area contributed by atoms with Crippen LogP contribution in [-0.2, 0) is 11.3 Å². The number of carbonyl (C=O) groups excluding carboxylic acids is 1. The third kappa shape index (κ3) is 3.98. The number of nitrogens with zero attached hydrogens (tertiary/aromatic N) is 5. The molecule has 8 heteroatoms. The summed E-state index contributed by atoms with van der Waals surface area (Å²) in [5, 5.41) is 12.4. The lowest BCUT2D eigenvalue weighted by molar-refractivity contribution is 0.0383. The first kappa shape index (κ1) is 18.8. The van der Waals surface area contributed by atoms with Crippen LogP contribution in [0.3, 0.4) is 0 Å².